The molecule has 0 saturated carbocycles. The van der Waals surface area contributed by atoms with E-state index in [9.17, 15) is 9.59 Å². The Morgan fingerprint density at radius 3 is 2.00 bits per heavy atom. The van der Waals surface area contributed by atoms with Gasteiger partial charge in [-0.2, -0.15) is 0 Å². The summed E-state index contributed by atoms with van der Waals surface area (Å²) in [6.07, 6.45) is 0.0127. The Hall–Kier alpha value is -3.02. The first-order chi connectivity index (χ1) is 14.1. The van der Waals surface area contributed by atoms with Crippen molar-refractivity contribution in [3.05, 3.63) is 95.5 Å². The van der Waals surface area contributed by atoms with Crippen LogP contribution >= 0.6 is 23.8 Å². The zero-order valence-electron chi connectivity index (χ0n) is 15.4. The quantitative estimate of drug-likeness (QED) is 0.424. The number of hydrogen-bond acceptors (Lipinski definition) is 3. The zero-order chi connectivity index (χ0) is 20.4. The van der Waals surface area contributed by atoms with Crippen molar-refractivity contribution < 1.29 is 9.59 Å². The first kappa shape index (κ1) is 19.3. The van der Waals surface area contributed by atoms with Gasteiger partial charge in [0.25, 0.3) is 5.91 Å². The van der Waals surface area contributed by atoms with Crippen molar-refractivity contribution in [2.45, 2.75) is 12.5 Å². The van der Waals surface area contributed by atoms with Crippen molar-refractivity contribution in [3.8, 4) is 0 Å². The van der Waals surface area contributed by atoms with Crippen molar-refractivity contribution in [1.82, 2.24) is 0 Å². The normalized spacial score (nSPS) is 16.4. The van der Waals surface area contributed by atoms with Gasteiger partial charge in [0.05, 0.1) is 5.69 Å². The van der Waals surface area contributed by atoms with Crippen molar-refractivity contribution in [2.24, 2.45) is 0 Å². The van der Waals surface area contributed by atoms with E-state index in [1.54, 1.807) is 29.2 Å². The molecule has 4 nitrogen and oxygen atoms in total. The van der Waals surface area contributed by atoms with Crippen LogP contribution in [-0.2, 0) is 4.79 Å². The monoisotopic (exact) mass is 420 g/mol. The molecule has 1 aliphatic heterocycles. The molecule has 144 valence electrons. The molecule has 6 heteroatoms. The number of nitrogens with zero attached hydrogens (tertiary/aromatic N) is 2. The van der Waals surface area contributed by atoms with Crippen LogP contribution in [0.2, 0.25) is 5.02 Å². The molecule has 0 aliphatic carbocycles. The number of halogens is 1. The lowest BCUT2D eigenvalue weighted by molar-refractivity contribution is -0.117. The standard InChI is InChI=1S/C23H17ClN2O2S/c24-17-13-11-16(12-14-17)21(27)15-20-22(28)26(19-9-5-2-6-10-19)23(29)25(20)18-7-3-1-4-8-18/h1-14,20H,15H2. The smallest absolute Gasteiger partial charge is 0.256 e. The predicted molar refractivity (Wildman–Crippen MR) is 120 cm³/mol. The fourth-order valence-corrected chi connectivity index (χ4v) is 3.95. The molecule has 1 heterocycles. The second kappa shape index (κ2) is 8.15. The molecule has 1 fully saturated rings. The number of anilines is 2. The van der Waals surface area contributed by atoms with E-state index >= 15 is 0 Å². The summed E-state index contributed by atoms with van der Waals surface area (Å²) in [5.74, 6) is -0.356. The highest BCUT2D eigenvalue weighted by molar-refractivity contribution is 7.81. The molecule has 3 aromatic rings. The third kappa shape index (κ3) is 3.79. The molecule has 29 heavy (non-hydrogen) atoms. The maximum atomic E-state index is 13.3. The Bertz CT molecular complexity index is 1060. The summed E-state index contributed by atoms with van der Waals surface area (Å²) < 4.78 is 0. The van der Waals surface area contributed by atoms with Crippen molar-refractivity contribution >= 4 is 52.0 Å². The first-order valence-corrected chi connectivity index (χ1v) is 9.91. The van der Waals surface area contributed by atoms with E-state index in [4.69, 9.17) is 23.8 Å². The lowest BCUT2D eigenvalue weighted by atomic mass is 10.0. The van der Waals surface area contributed by atoms with Gasteiger partial charge >= 0.3 is 0 Å². The molecule has 1 amide bonds. The number of thiocarbonyl (C=S) groups is 1. The SMILES string of the molecule is O=C(CC1C(=O)N(c2ccccc2)C(=S)N1c1ccccc1)c1ccc(Cl)cc1. The van der Waals surface area contributed by atoms with Crippen molar-refractivity contribution in [3.63, 3.8) is 0 Å². The summed E-state index contributed by atoms with van der Waals surface area (Å²) in [7, 11) is 0. The molecular weight excluding hydrogens is 404 g/mol. The van der Waals surface area contributed by atoms with E-state index in [1.807, 2.05) is 60.7 Å². The van der Waals surface area contributed by atoms with Crippen LogP contribution in [0.15, 0.2) is 84.9 Å². The molecule has 4 rings (SSSR count). The average Bonchev–Trinajstić information content (AvgIpc) is 2.99. The number of carbonyl (C=O) groups excluding carboxylic acids is 2. The maximum absolute atomic E-state index is 13.3. The van der Waals surface area contributed by atoms with E-state index in [0.29, 0.717) is 21.4 Å². The van der Waals surface area contributed by atoms with Gasteiger partial charge in [-0.3, -0.25) is 14.5 Å². The third-order valence-electron chi connectivity index (χ3n) is 4.81. The van der Waals surface area contributed by atoms with Crippen LogP contribution in [-0.4, -0.2) is 22.8 Å². The molecule has 3 aromatic carbocycles. The first-order valence-electron chi connectivity index (χ1n) is 9.12. The van der Waals surface area contributed by atoms with Gasteiger partial charge in [-0.25, -0.2) is 0 Å². The second-order valence-electron chi connectivity index (χ2n) is 6.65. The molecule has 0 bridgehead atoms. The number of hydrogen-bond donors (Lipinski definition) is 0. The molecular formula is C23H17ClN2O2S. The van der Waals surface area contributed by atoms with Gasteiger partial charge < -0.3 is 4.90 Å². The number of para-hydroxylation sites is 2. The van der Waals surface area contributed by atoms with E-state index in [-0.39, 0.29) is 18.1 Å². The van der Waals surface area contributed by atoms with Gasteiger partial charge in [0, 0.05) is 22.7 Å². The molecule has 1 saturated heterocycles. The van der Waals surface area contributed by atoms with E-state index < -0.39 is 6.04 Å². The minimum absolute atomic E-state index is 0.0127. The Morgan fingerprint density at radius 2 is 1.41 bits per heavy atom. The lowest BCUT2D eigenvalue weighted by Crippen LogP contribution is -2.36. The van der Waals surface area contributed by atoms with Crippen LogP contribution in [0, 0.1) is 0 Å². The summed E-state index contributed by atoms with van der Waals surface area (Å²) in [6.45, 7) is 0. The highest BCUT2D eigenvalue weighted by Crippen LogP contribution is 2.32. The zero-order valence-corrected chi connectivity index (χ0v) is 16.9. The van der Waals surface area contributed by atoms with Crippen LogP contribution < -0.4 is 9.80 Å². The number of Topliss-reactive ketones (excluding diaryl/α,β-unsaturated/α-hetero) is 1. The molecule has 0 N–H and O–H groups in total. The number of ketones is 1. The molecule has 0 aromatic heterocycles. The highest BCUT2D eigenvalue weighted by Gasteiger charge is 2.44. The Kier molecular flexibility index (Phi) is 5.43. The van der Waals surface area contributed by atoms with E-state index in [2.05, 4.69) is 0 Å². The van der Waals surface area contributed by atoms with Gasteiger partial charge in [-0.15, -0.1) is 0 Å². The molecule has 1 atom stereocenters. The van der Waals surface area contributed by atoms with Crippen molar-refractivity contribution in [2.75, 3.05) is 9.80 Å². The predicted octanol–water partition coefficient (Wildman–Crippen LogP) is 5.12. The van der Waals surface area contributed by atoms with Crippen LogP contribution in [0.1, 0.15) is 16.8 Å². The second-order valence-corrected chi connectivity index (χ2v) is 7.45. The van der Waals surface area contributed by atoms with Gasteiger partial charge in [0.15, 0.2) is 10.9 Å². The maximum Gasteiger partial charge on any atom is 0.256 e. The van der Waals surface area contributed by atoms with Gasteiger partial charge in [0.2, 0.25) is 0 Å². The third-order valence-corrected chi connectivity index (χ3v) is 5.44. The van der Waals surface area contributed by atoms with Gasteiger partial charge in [-0.1, -0.05) is 48.0 Å². The summed E-state index contributed by atoms with van der Waals surface area (Å²) in [4.78, 5) is 29.5. The summed E-state index contributed by atoms with van der Waals surface area (Å²) in [5, 5.41) is 0.919. The Morgan fingerprint density at radius 1 is 0.862 bits per heavy atom. The summed E-state index contributed by atoms with van der Waals surface area (Å²) >= 11 is 11.6. The Balaban J connectivity index is 1.70. The summed E-state index contributed by atoms with van der Waals surface area (Å²) in [5.41, 5.74) is 1.97. The van der Waals surface area contributed by atoms with Crippen LogP contribution in [0.25, 0.3) is 0 Å². The largest absolute Gasteiger partial charge is 0.305 e. The minimum atomic E-state index is -0.715. The van der Waals surface area contributed by atoms with Gasteiger partial charge in [0.1, 0.15) is 6.04 Å². The fraction of sp³-hybridized carbons (Fsp3) is 0.0870. The van der Waals surface area contributed by atoms with Gasteiger partial charge in [-0.05, 0) is 60.7 Å². The number of carbonyl (C=O) groups is 2. The van der Waals surface area contributed by atoms with E-state index in [0.717, 1.165) is 5.69 Å². The molecule has 0 spiro atoms. The molecule has 1 aliphatic rings. The Labute approximate surface area is 179 Å². The topological polar surface area (TPSA) is 40.6 Å². The lowest BCUT2D eigenvalue weighted by Gasteiger charge is -2.23. The summed E-state index contributed by atoms with van der Waals surface area (Å²) in [6, 6.07) is 24.6. The minimum Gasteiger partial charge on any atom is -0.305 e. The van der Waals surface area contributed by atoms with Crippen LogP contribution in [0.4, 0.5) is 11.4 Å². The highest BCUT2D eigenvalue weighted by atomic mass is 35.5. The average molecular weight is 421 g/mol. The van der Waals surface area contributed by atoms with E-state index in [1.165, 1.54) is 4.90 Å². The van der Waals surface area contributed by atoms with Crippen LogP contribution in [0.5, 0.6) is 0 Å². The number of amides is 1. The van der Waals surface area contributed by atoms with Crippen molar-refractivity contribution in [1.29, 1.82) is 0 Å². The number of benzene rings is 3. The fourth-order valence-electron chi connectivity index (χ4n) is 3.40. The molecule has 0 radical (unpaired) electrons. The van der Waals surface area contributed by atoms with Crippen LogP contribution in [0.3, 0.4) is 0 Å². The number of rotatable bonds is 5. The molecule has 1 unspecified atom stereocenters.